The predicted molar refractivity (Wildman–Crippen MR) is 66.3 cm³/mol. The number of anilines is 2. The number of benzene rings is 1. The smallest absolute Gasteiger partial charge is 0.356 e. The molecular weight excluding hydrogens is 324 g/mol. The minimum Gasteiger partial charge on any atom is -0.476 e. The van der Waals surface area contributed by atoms with Gasteiger partial charge in [0.2, 0.25) is 0 Å². The Labute approximate surface area is 114 Å². The van der Waals surface area contributed by atoms with Gasteiger partial charge in [0.15, 0.2) is 23.1 Å². The van der Waals surface area contributed by atoms with Crippen molar-refractivity contribution >= 4 is 33.4 Å². The lowest BCUT2D eigenvalue weighted by molar-refractivity contribution is 0.0689. The van der Waals surface area contributed by atoms with Crippen molar-refractivity contribution in [2.24, 2.45) is 0 Å². The molecule has 0 unspecified atom stereocenters. The molecule has 98 valence electrons. The molecule has 0 amide bonds. The summed E-state index contributed by atoms with van der Waals surface area (Å²) in [6.45, 7) is 0. The van der Waals surface area contributed by atoms with Crippen LogP contribution in [-0.4, -0.2) is 21.3 Å². The fraction of sp³-hybridized carbons (Fsp3) is 0. The number of hydrogen-bond donors (Lipinski definition) is 2. The summed E-state index contributed by atoms with van der Waals surface area (Å²) in [5, 5.41) is 17.9. The Hall–Kier alpha value is -2.09. The first-order chi connectivity index (χ1) is 8.97. The third-order valence-electron chi connectivity index (χ3n) is 2.14. The summed E-state index contributed by atoms with van der Waals surface area (Å²) in [5.74, 6) is -2.82. The van der Waals surface area contributed by atoms with Crippen LogP contribution in [0.15, 0.2) is 28.7 Å². The van der Waals surface area contributed by atoms with Gasteiger partial charge < -0.3 is 10.4 Å². The van der Waals surface area contributed by atoms with Crippen LogP contribution < -0.4 is 5.32 Å². The third-order valence-corrected chi connectivity index (χ3v) is 2.60. The first kappa shape index (κ1) is 13.3. The standard InChI is InChI=1S/C11H6BrF2N3O2/c12-5-3-6(13)10(7(14)4-5)15-9-2-1-8(11(18)19)16-17-9/h1-4H,(H,15,17)(H,18,19). The van der Waals surface area contributed by atoms with E-state index >= 15 is 0 Å². The Bertz CT molecular complexity index is 611. The third kappa shape index (κ3) is 3.02. The summed E-state index contributed by atoms with van der Waals surface area (Å²) in [6.07, 6.45) is 0. The average molecular weight is 330 g/mol. The molecule has 2 rings (SSSR count). The molecule has 2 N–H and O–H groups in total. The van der Waals surface area contributed by atoms with E-state index in [4.69, 9.17) is 5.11 Å². The summed E-state index contributed by atoms with van der Waals surface area (Å²) in [5.41, 5.74) is -0.650. The van der Waals surface area contributed by atoms with Crippen molar-refractivity contribution in [3.8, 4) is 0 Å². The van der Waals surface area contributed by atoms with Gasteiger partial charge in [-0.1, -0.05) is 15.9 Å². The summed E-state index contributed by atoms with van der Waals surface area (Å²) in [4.78, 5) is 10.6. The Balaban J connectivity index is 2.29. The minimum absolute atomic E-state index is 0.0325. The Morgan fingerprint density at radius 3 is 2.32 bits per heavy atom. The van der Waals surface area contributed by atoms with E-state index in [0.29, 0.717) is 0 Å². The second-order valence-corrected chi connectivity index (χ2v) is 4.39. The number of hydrogen-bond acceptors (Lipinski definition) is 4. The van der Waals surface area contributed by atoms with E-state index in [1.165, 1.54) is 12.1 Å². The molecule has 0 atom stereocenters. The van der Waals surface area contributed by atoms with E-state index in [1.807, 2.05) is 0 Å². The number of rotatable bonds is 3. The molecule has 1 aromatic heterocycles. The molecule has 0 radical (unpaired) electrons. The second kappa shape index (κ2) is 5.27. The van der Waals surface area contributed by atoms with Crippen LogP contribution in [0.5, 0.6) is 0 Å². The highest BCUT2D eigenvalue weighted by Crippen LogP contribution is 2.25. The van der Waals surface area contributed by atoms with E-state index in [1.54, 1.807) is 0 Å². The molecule has 1 aromatic carbocycles. The fourth-order valence-corrected chi connectivity index (χ4v) is 1.70. The van der Waals surface area contributed by atoms with Crippen molar-refractivity contribution in [2.45, 2.75) is 0 Å². The van der Waals surface area contributed by atoms with Crippen LogP contribution in [0.2, 0.25) is 0 Å². The molecule has 0 saturated carbocycles. The minimum atomic E-state index is -1.24. The number of nitrogens with one attached hydrogen (secondary N) is 1. The summed E-state index contributed by atoms with van der Waals surface area (Å²) in [6, 6.07) is 4.61. The van der Waals surface area contributed by atoms with Crippen LogP contribution in [0.4, 0.5) is 20.3 Å². The van der Waals surface area contributed by atoms with Crippen molar-refractivity contribution in [2.75, 3.05) is 5.32 Å². The zero-order valence-electron chi connectivity index (χ0n) is 9.19. The summed E-state index contributed by atoms with van der Waals surface area (Å²) >= 11 is 2.96. The molecule has 0 aliphatic carbocycles. The van der Waals surface area contributed by atoms with Gasteiger partial charge >= 0.3 is 5.97 Å². The van der Waals surface area contributed by atoms with Gasteiger partial charge in [0, 0.05) is 4.47 Å². The molecule has 0 aliphatic rings. The van der Waals surface area contributed by atoms with Crippen LogP contribution in [0, 0.1) is 11.6 Å². The van der Waals surface area contributed by atoms with E-state index in [-0.39, 0.29) is 21.7 Å². The lowest BCUT2D eigenvalue weighted by Gasteiger charge is -2.08. The number of carboxylic acid groups (broad SMARTS) is 1. The number of carboxylic acids is 1. The number of aromatic carboxylic acids is 1. The van der Waals surface area contributed by atoms with Gasteiger partial charge in [-0.3, -0.25) is 0 Å². The highest BCUT2D eigenvalue weighted by Gasteiger charge is 2.12. The van der Waals surface area contributed by atoms with E-state index < -0.39 is 17.6 Å². The van der Waals surface area contributed by atoms with Gasteiger partial charge in [-0.25, -0.2) is 13.6 Å². The van der Waals surface area contributed by atoms with Gasteiger partial charge in [0.1, 0.15) is 5.69 Å². The molecule has 0 saturated heterocycles. The lowest BCUT2D eigenvalue weighted by Crippen LogP contribution is -2.05. The fourth-order valence-electron chi connectivity index (χ4n) is 1.30. The van der Waals surface area contributed by atoms with Gasteiger partial charge in [-0.05, 0) is 24.3 Å². The van der Waals surface area contributed by atoms with Crippen LogP contribution in [0.3, 0.4) is 0 Å². The second-order valence-electron chi connectivity index (χ2n) is 3.48. The zero-order valence-corrected chi connectivity index (χ0v) is 10.8. The lowest BCUT2D eigenvalue weighted by atomic mass is 10.3. The van der Waals surface area contributed by atoms with Crippen LogP contribution >= 0.6 is 15.9 Å². The zero-order chi connectivity index (χ0) is 14.0. The highest BCUT2D eigenvalue weighted by molar-refractivity contribution is 9.10. The molecule has 5 nitrogen and oxygen atoms in total. The molecule has 0 fully saturated rings. The summed E-state index contributed by atoms with van der Waals surface area (Å²) in [7, 11) is 0. The van der Waals surface area contributed by atoms with E-state index in [0.717, 1.165) is 12.1 Å². The van der Waals surface area contributed by atoms with Gasteiger partial charge in [-0.2, -0.15) is 0 Å². The number of aromatic nitrogens is 2. The van der Waals surface area contributed by atoms with Gasteiger partial charge in [-0.15, -0.1) is 10.2 Å². The molecule has 1 heterocycles. The normalized spacial score (nSPS) is 10.3. The molecule has 0 bridgehead atoms. The monoisotopic (exact) mass is 329 g/mol. The van der Waals surface area contributed by atoms with Crippen LogP contribution in [-0.2, 0) is 0 Å². The quantitative estimate of drug-likeness (QED) is 0.905. The molecule has 0 spiro atoms. The highest BCUT2D eigenvalue weighted by atomic mass is 79.9. The first-order valence-electron chi connectivity index (χ1n) is 4.96. The molecule has 8 heteroatoms. The van der Waals surface area contributed by atoms with Crippen LogP contribution in [0.1, 0.15) is 10.5 Å². The SMILES string of the molecule is O=C(O)c1ccc(Nc2c(F)cc(Br)cc2F)nn1. The average Bonchev–Trinajstić information content (AvgIpc) is 2.34. The Kier molecular flexibility index (Phi) is 3.70. The maximum atomic E-state index is 13.5. The number of halogens is 3. The van der Waals surface area contributed by atoms with Gasteiger partial charge in [0.25, 0.3) is 0 Å². The molecule has 0 aliphatic heterocycles. The predicted octanol–water partition coefficient (Wildman–Crippen LogP) is 2.96. The Morgan fingerprint density at radius 2 is 1.84 bits per heavy atom. The van der Waals surface area contributed by atoms with Crippen molar-refractivity contribution in [3.63, 3.8) is 0 Å². The van der Waals surface area contributed by atoms with E-state index in [2.05, 4.69) is 31.4 Å². The maximum Gasteiger partial charge on any atom is 0.356 e. The number of carbonyl (C=O) groups is 1. The van der Waals surface area contributed by atoms with E-state index in [9.17, 15) is 13.6 Å². The number of nitrogens with zero attached hydrogens (tertiary/aromatic N) is 2. The van der Waals surface area contributed by atoms with Crippen molar-refractivity contribution in [3.05, 3.63) is 46.1 Å². The first-order valence-corrected chi connectivity index (χ1v) is 5.75. The Morgan fingerprint density at radius 1 is 1.21 bits per heavy atom. The topological polar surface area (TPSA) is 75.1 Å². The largest absolute Gasteiger partial charge is 0.476 e. The molecule has 2 aromatic rings. The van der Waals surface area contributed by atoms with Crippen molar-refractivity contribution in [1.29, 1.82) is 0 Å². The molecular formula is C11H6BrF2N3O2. The van der Waals surface area contributed by atoms with Gasteiger partial charge in [0.05, 0.1) is 0 Å². The maximum absolute atomic E-state index is 13.5. The summed E-state index contributed by atoms with van der Waals surface area (Å²) < 4.78 is 27.3. The van der Waals surface area contributed by atoms with Crippen LogP contribution in [0.25, 0.3) is 0 Å². The van der Waals surface area contributed by atoms with Crippen molar-refractivity contribution < 1.29 is 18.7 Å². The van der Waals surface area contributed by atoms with Crippen molar-refractivity contribution in [1.82, 2.24) is 10.2 Å². The molecule has 19 heavy (non-hydrogen) atoms.